The van der Waals surface area contributed by atoms with Gasteiger partial charge >= 0.3 is 6.03 Å². The van der Waals surface area contributed by atoms with Crippen LogP contribution in [-0.2, 0) is 12.8 Å². The molecule has 0 aliphatic heterocycles. The fourth-order valence-electron chi connectivity index (χ4n) is 2.23. The van der Waals surface area contributed by atoms with Crippen molar-refractivity contribution < 1.29 is 4.79 Å². The molecule has 0 fully saturated rings. The maximum absolute atomic E-state index is 11.8. The zero-order valence-electron chi connectivity index (χ0n) is 12.3. The number of hydrogen-bond acceptors (Lipinski definition) is 2. The summed E-state index contributed by atoms with van der Waals surface area (Å²) in [6.45, 7) is 2.73. The molecule has 1 atom stereocenters. The third-order valence-electron chi connectivity index (χ3n) is 3.27. The summed E-state index contributed by atoms with van der Waals surface area (Å²) in [7, 11) is 0. The monoisotopic (exact) mass is 302 g/mol. The van der Waals surface area contributed by atoms with E-state index < -0.39 is 0 Å². The van der Waals surface area contributed by atoms with Gasteiger partial charge in [-0.1, -0.05) is 30.3 Å². The van der Waals surface area contributed by atoms with Gasteiger partial charge in [0.15, 0.2) is 0 Å². The third kappa shape index (κ3) is 6.00. The third-order valence-corrected chi connectivity index (χ3v) is 4.00. The molecule has 0 aliphatic rings. The van der Waals surface area contributed by atoms with Gasteiger partial charge in [-0.2, -0.15) is 11.3 Å². The van der Waals surface area contributed by atoms with Crippen molar-refractivity contribution in [3.63, 3.8) is 0 Å². The highest BCUT2D eigenvalue weighted by Crippen LogP contribution is 2.08. The van der Waals surface area contributed by atoms with Crippen molar-refractivity contribution in [3.05, 3.63) is 58.3 Å². The van der Waals surface area contributed by atoms with Gasteiger partial charge in [0.1, 0.15) is 0 Å². The molecule has 2 aromatic rings. The Morgan fingerprint density at radius 3 is 2.71 bits per heavy atom. The van der Waals surface area contributed by atoms with Gasteiger partial charge < -0.3 is 10.6 Å². The molecule has 0 saturated heterocycles. The molecule has 1 unspecified atom stereocenters. The van der Waals surface area contributed by atoms with E-state index in [1.807, 2.05) is 25.1 Å². The number of benzene rings is 1. The number of urea groups is 1. The highest BCUT2D eigenvalue weighted by Gasteiger charge is 2.07. The van der Waals surface area contributed by atoms with Crippen LogP contribution in [0.15, 0.2) is 47.2 Å². The quantitative estimate of drug-likeness (QED) is 0.754. The van der Waals surface area contributed by atoms with Crippen LogP contribution in [0.25, 0.3) is 0 Å². The number of hydrogen-bond donors (Lipinski definition) is 2. The minimum atomic E-state index is -0.0780. The van der Waals surface area contributed by atoms with E-state index in [4.69, 9.17) is 0 Å². The summed E-state index contributed by atoms with van der Waals surface area (Å²) in [5.74, 6) is 0. The van der Waals surface area contributed by atoms with Crippen molar-refractivity contribution in [2.24, 2.45) is 0 Å². The largest absolute Gasteiger partial charge is 0.338 e. The van der Waals surface area contributed by atoms with Gasteiger partial charge in [-0.05, 0) is 54.1 Å². The Morgan fingerprint density at radius 2 is 2.00 bits per heavy atom. The number of aryl methyl sites for hydroxylation is 1. The average molecular weight is 302 g/mol. The molecule has 4 heteroatoms. The highest BCUT2D eigenvalue weighted by atomic mass is 32.1. The first-order chi connectivity index (χ1) is 10.2. The molecule has 0 aliphatic carbocycles. The summed E-state index contributed by atoms with van der Waals surface area (Å²) in [6, 6.07) is 12.5. The predicted octanol–water partition coefficient (Wildman–Crippen LogP) is 3.61. The zero-order valence-corrected chi connectivity index (χ0v) is 13.2. The summed E-state index contributed by atoms with van der Waals surface area (Å²) in [4.78, 5) is 11.8. The van der Waals surface area contributed by atoms with Gasteiger partial charge in [-0.3, -0.25) is 0 Å². The maximum atomic E-state index is 11.8. The van der Waals surface area contributed by atoms with Crippen molar-refractivity contribution in [3.8, 4) is 0 Å². The first-order valence-corrected chi connectivity index (χ1v) is 8.27. The van der Waals surface area contributed by atoms with Gasteiger partial charge in [0.25, 0.3) is 0 Å². The standard InChI is InChI=1S/C17H22N2OS/c1-14(12-16-9-11-21-13-16)19-17(20)18-10-5-8-15-6-3-2-4-7-15/h2-4,6-7,9,11,13-14H,5,8,10,12H2,1H3,(H2,18,19,20). The Kier molecular flexibility index (Phi) is 6.28. The summed E-state index contributed by atoms with van der Waals surface area (Å²) in [6.07, 6.45) is 2.82. The van der Waals surface area contributed by atoms with Crippen LogP contribution < -0.4 is 10.6 Å². The summed E-state index contributed by atoms with van der Waals surface area (Å²) in [5, 5.41) is 10.1. The van der Waals surface area contributed by atoms with Gasteiger partial charge in [0.2, 0.25) is 0 Å². The minimum Gasteiger partial charge on any atom is -0.338 e. The molecule has 2 rings (SSSR count). The van der Waals surface area contributed by atoms with Crippen molar-refractivity contribution in [2.75, 3.05) is 6.54 Å². The molecule has 21 heavy (non-hydrogen) atoms. The molecular weight excluding hydrogens is 280 g/mol. The lowest BCUT2D eigenvalue weighted by atomic mass is 10.1. The lowest BCUT2D eigenvalue weighted by molar-refractivity contribution is 0.237. The zero-order chi connectivity index (χ0) is 14.9. The summed E-state index contributed by atoms with van der Waals surface area (Å²) < 4.78 is 0. The second kappa shape index (κ2) is 8.47. The summed E-state index contributed by atoms with van der Waals surface area (Å²) in [5.41, 5.74) is 2.59. The molecule has 3 nitrogen and oxygen atoms in total. The molecule has 1 heterocycles. The maximum Gasteiger partial charge on any atom is 0.315 e. The van der Waals surface area contributed by atoms with Crippen molar-refractivity contribution >= 4 is 17.4 Å². The Morgan fingerprint density at radius 1 is 1.19 bits per heavy atom. The van der Waals surface area contributed by atoms with Gasteiger partial charge in [0, 0.05) is 12.6 Å². The molecule has 2 amide bonds. The Balaban J connectivity index is 1.59. The van der Waals surface area contributed by atoms with Crippen LogP contribution in [0.2, 0.25) is 0 Å². The Hall–Kier alpha value is -1.81. The van der Waals surface area contributed by atoms with Crippen LogP contribution in [0.1, 0.15) is 24.5 Å². The van der Waals surface area contributed by atoms with Gasteiger partial charge in [-0.15, -0.1) is 0 Å². The predicted molar refractivity (Wildman–Crippen MR) is 88.8 cm³/mol. The van der Waals surface area contributed by atoms with Crippen molar-refractivity contribution in [2.45, 2.75) is 32.2 Å². The number of carbonyl (C=O) groups excluding carboxylic acids is 1. The molecule has 0 bridgehead atoms. The fraction of sp³-hybridized carbons (Fsp3) is 0.353. The number of carbonyl (C=O) groups is 1. The molecule has 0 saturated carbocycles. The van der Waals surface area contributed by atoms with E-state index in [-0.39, 0.29) is 12.1 Å². The van der Waals surface area contributed by atoms with E-state index >= 15 is 0 Å². The van der Waals surface area contributed by atoms with E-state index in [1.54, 1.807) is 11.3 Å². The van der Waals surface area contributed by atoms with Crippen LogP contribution in [0.3, 0.4) is 0 Å². The molecule has 2 N–H and O–H groups in total. The lowest BCUT2D eigenvalue weighted by Gasteiger charge is -2.14. The molecule has 0 radical (unpaired) electrons. The molecule has 1 aromatic heterocycles. The molecule has 1 aromatic carbocycles. The topological polar surface area (TPSA) is 41.1 Å². The smallest absolute Gasteiger partial charge is 0.315 e. The van der Waals surface area contributed by atoms with Gasteiger partial charge in [0.05, 0.1) is 0 Å². The molecular formula is C17H22N2OS. The van der Waals surface area contributed by atoms with E-state index in [2.05, 4.69) is 39.6 Å². The fourth-order valence-corrected chi connectivity index (χ4v) is 2.91. The van der Waals surface area contributed by atoms with Crippen molar-refractivity contribution in [1.29, 1.82) is 0 Å². The second-order valence-electron chi connectivity index (χ2n) is 5.23. The van der Waals surface area contributed by atoms with Crippen LogP contribution in [0, 0.1) is 0 Å². The van der Waals surface area contributed by atoms with Crippen LogP contribution in [0.5, 0.6) is 0 Å². The Bertz CT molecular complexity index is 525. The van der Waals surface area contributed by atoms with Gasteiger partial charge in [-0.25, -0.2) is 4.79 Å². The van der Waals surface area contributed by atoms with E-state index in [9.17, 15) is 4.79 Å². The Labute approximate surface area is 130 Å². The minimum absolute atomic E-state index is 0.0780. The second-order valence-corrected chi connectivity index (χ2v) is 6.01. The summed E-state index contributed by atoms with van der Waals surface area (Å²) >= 11 is 1.69. The highest BCUT2D eigenvalue weighted by molar-refractivity contribution is 7.07. The number of amides is 2. The first-order valence-electron chi connectivity index (χ1n) is 7.33. The van der Waals surface area contributed by atoms with Crippen LogP contribution in [-0.4, -0.2) is 18.6 Å². The number of nitrogens with one attached hydrogen (secondary N) is 2. The van der Waals surface area contributed by atoms with Crippen LogP contribution in [0.4, 0.5) is 4.79 Å². The lowest BCUT2D eigenvalue weighted by Crippen LogP contribution is -2.42. The van der Waals surface area contributed by atoms with Crippen LogP contribution >= 0.6 is 11.3 Å². The normalized spacial score (nSPS) is 11.9. The molecule has 112 valence electrons. The first kappa shape index (κ1) is 15.6. The SMILES string of the molecule is CC(Cc1ccsc1)NC(=O)NCCCc1ccccc1. The number of rotatable bonds is 7. The average Bonchev–Trinajstić information content (AvgIpc) is 2.97. The number of thiophene rings is 1. The van der Waals surface area contributed by atoms with E-state index in [1.165, 1.54) is 11.1 Å². The van der Waals surface area contributed by atoms with Crippen molar-refractivity contribution in [1.82, 2.24) is 10.6 Å². The van der Waals surface area contributed by atoms with E-state index in [0.29, 0.717) is 6.54 Å². The molecule has 0 spiro atoms. The van der Waals surface area contributed by atoms with E-state index in [0.717, 1.165) is 19.3 Å².